The number of carbonyl (C=O) groups is 1. The molecule has 2 aromatic carbocycles. The van der Waals surface area contributed by atoms with Gasteiger partial charge in [-0.3, -0.25) is 10.1 Å². The third-order valence-corrected chi connectivity index (χ3v) is 5.46. The molecule has 25 heavy (non-hydrogen) atoms. The summed E-state index contributed by atoms with van der Waals surface area (Å²) in [5, 5.41) is 6.16. The lowest BCUT2D eigenvalue weighted by molar-refractivity contribution is -0.121. The van der Waals surface area contributed by atoms with Crippen LogP contribution in [0.2, 0.25) is 5.02 Å². The topological polar surface area (TPSA) is 50.4 Å². The second-order valence-electron chi connectivity index (χ2n) is 4.95. The van der Waals surface area contributed by atoms with Crippen molar-refractivity contribution in [3.8, 4) is 5.75 Å². The molecule has 0 saturated carbocycles. The van der Waals surface area contributed by atoms with Gasteiger partial charge in [0.15, 0.2) is 11.7 Å². The molecular weight excluding hydrogens is 559 g/mol. The molecule has 0 unspecified atom stereocenters. The van der Waals surface area contributed by atoms with Crippen molar-refractivity contribution >= 4 is 88.3 Å². The predicted molar refractivity (Wildman–Crippen MR) is 116 cm³/mol. The first-order valence-electron chi connectivity index (χ1n) is 6.90. The van der Waals surface area contributed by atoms with E-state index in [1.807, 2.05) is 19.1 Å². The van der Waals surface area contributed by atoms with E-state index in [0.29, 0.717) is 16.5 Å². The van der Waals surface area contributed by atoms with Crippen LogP contribution in [0.5, 0.6) is 5.75 Å². The summed E-state index contributed by atoms with van der Waals surface area (Å²) in [6, 6.07) is 9.02. The summed E-state index contributed by atoms with van der Waals surface area (Å²) in [4.78, 5) is 12.0. The van der Waals surface area contributed by atoms with E-state index in [0.717, 1.165) is 19.0 Å². The van der Waals surface area contributed by atoms with Crippen molar-refractivity contribution in [2.75, 3.05) is 11.9 Å². The molecule has 0 spiro atoms. The highest BCUT2D eigenvalue weighted by molar-refractivity contribution is 9.11. The third kappa shape index (κ3) is 6.21. The molecule has 0 aliphatic rings. The second kappa shape index (κ2) is 9.32. The minimum Gasteiger partial charge on any atom is -0.482 e. The van der Waals surface area contributed by atoms with Crippen molar-refractivity contribution in [2.24, 2.45) is 0 Å². The molecule has 0 bridgehead atoms. The number of rotatable bonds is 4. The van der Waals surface area contributed by atoms with Crippen LogP contribution < -0.4 is 15.4 Å². The zero-order valence-electron chi connectivity index (χ0n) is 12.8. The third-order valence-electron chi connectivity index (χ3n) is 2.97. The average Bonchev–Trinajstić information content (AvgIpc) is 2.49. The first-order chi connectivity index (χ1) is 11.8. The molecule has 1 amide bonds. The number of halogens is 4. The molecule has 0 aromatic heterocycles. The fourth-order valence-corrected chi connectivity index (χ4v) is 4.12. The number of hydrogen-bond acceptors (Lipinski definition) is 3. The Hall–Kier alpha value is -0.670. The number of benzene rings is 2. The Balaban J connectivity index is 1.89. The number of aryl methyl sites for hydroxylation is 1. The van der Waals surface area contributed by atoms with Gasteiger partial charge in [-0.15, -0.1) is 0 Å². The van der Waals surface area contributed by atoms with Gasteiger partial charge in [-0.25, -0.2) is 0 Å². The normalized spacial score (nSPS) is 10.3. The van der Waals surface area contributed by atoms with E-state index in [1.165, 1.54) is 0 Å². The molecule has 0 heterocycles. The Morgan fingerprint density at radius 2 is 1.92 bits per heavy atom. The van der Waals surface area contributed by atoms with Crippen LogP contribution in [0.15, 0.2) is 43.7 Å². The van der Waals surface area contributed by atoms with Crippen molar-refractivity contribution in [2.45, 2.75) is 6.92 Å². The van der Waals surface area contributed by atoms with Gasteiger partial charge < -0.3 is 10.1 Å². The van der Waals surface area contributed by atoms with Crippen molar-refractivity contribution in [1.82, 2.24) is 5.32 Å². The lowest BCUT2D eigenvalue weighted by Crippen LogP contribution is -2.37. The molecule has 132 valence electrons. The van der Waals surface area contributed by atoms with E-state index in [1.54, 1.807) is 18.2 Å². The Morgan fingerprint density at radius 3 is 2.56 bits per heavy atom. The number of carbonyl (C=O) groups excluding carboxylic acids is 1. The van der Waals surface area contributed by atoms with Crippen molar-refractivity contribution in [3.05, 3.63) is 54.3 Å². The zero-order valence-corrected chi connectivity index (χ0v) is 19.2. The molecular formula is C16H12Br3ClN2O2S. The van der Waals surface area contributed by atoms with Crippen LogP contribution in [0.25, 0.3) is 0 Å². The smallest absolute Gasteiger partial charge is 0.264 e. The maximum absolute atomic E-state index is 12.0. The van der Waals surface area contributed by atoms with Crippen molar-refractivity contribution in [1.29, 1.82) is 0 Å². The van der Waals surface area contributed by atoms with E-state index in [9.17, 15) is 4.79 Å². The van der Waals surface area contributed by atoms with E-state index >= 15 is 0 Å². The molecule has 2 rings (SSSR count). The largest absolute Gasteiger partial charge is 0.482 e. The molecule has 0 aliphatic carbocycles. The Kier molecular flexibility index (Phi) is 7.69. The number of hydrogen-bond donors (Lipinski definition) is 2. The first-order valence-corrected chi connectivity index (χ1v) is 10.1. The summed E-state index contributed by atoms with van der Waals surface area (Å²) >= 11 is 21.3. The molecule has 0 aliphatic heterocycles. The second-order valence-corrected chi connectivity index (χ2v) is 8.39. The number of thiocarbonyl (C=S) groups is 1. The molecule has 4 nitrogen and oxygen atoms in total. The highest BCUT2D eigenvalue weighted by Gasteiger charge is 2.11. The van der Waals surface area contributed by atoms with Crippen LogP contribution >= 0.6 is 71.6 Å². The molecule has 2 aromatic rings. The van der Waals surface area contributed by atoms with Gasteiger partial charge in [-0.1, -0.05) is 27.5 Å². The Labute approximate surface area is 181 Å². The molecule has 0 atom stereocenters. The Morgan fingerprint density at radius 1 is 1.20 bits per heavy atom. The number of nitrogens with one attached hydrogen (secondary N) is 2. The lowest BCUT2D eigenvalue weighted by Gasteiger charge is -2.13. The van der Waals surface area contributed by atoms with Crippen LogP contribution in [0.4, 0.5) is 5.69 Å². The molecule has 0 radical (unpaired) electrons. The predicted octanol–water partition coefficient (Wildman–Crippen LogP) is 5.83. The van der Waals surface area contributed by atoms with E-state index in [-0.39, 0.29) is 17.6 Å². The fourth-order valence-electron chi connectivity index (χ4n) is 1.91. The summed E-state index contributed by atoms with van der Waals surface area (Å²) in [7, 11) is 0. The number of amides is 1. The van der Waals surface area contributed by atoms with Crippen LogP contribution in [-0.4, -0.2) is 17.6 Å². The highest BCUT2D eigenvalue weighted by atomic mass is 79.9. The number of anilines is 1. The zero-order chi connectivity index (χ0) is 18.6. The van der Waals surface area contributed by atoms with Crippen LogP contribution in [-0.2, 0) is 4.79 Å². The fraction of sp³-hybridized carbons (Fsp3) is 0.125. The summed E-state index contributed by atoms with van der Waals surface area (Å²) < 4.78 is 8.04. The standard InChI is InChI=1S/C16H12Br3ClN2O2S/c1-8-4-9(17)5-12(19)15(8)24-7-14(23)22-16(25)21-10-2-3-11(18)13(20)6-10/h2-6H,7H2,1H3,(H2,21,22,23,25). The van der Waals surface area contributed by atoms with Crippen molar-refractivity contribution in [3.63, 3.8) is 0 Å². The molecule has 0 saturated heterocycles. The van der Waals surface area contributed by atoms with Crippen LogP contribution in [0.3, 0.4) is 0 Å². The van der Waals surface area contributed by atoms with Gasteiger partial charge in [0.25, 0.3) is 5.91 Å². The lowest BCUT2D eigenvalue weighted by atomic mass is 10.2. The summed E-state index contributed by atoms with van der Waals surface area (Å²) in [5.74, 6) is 0.242. The minimum absolute atomic E-state index is 0.163. The van der Waals surface area contributed by atoms with Gasteiger partial charge in [0.2, 0.25) is 0 Å². The molecule has 0 fully saturated rings. The van der Waals surface area contributed by atoms with Crippen molar-refractivity contribution < 1.29 is 9.53 Å². The van der Waals surface area contributed by atoms with Crippen LogP contribution in [0.1, 0.15) is 5.56 Å². The van der Waals surface area contributed by atoms with Crippen LogP contribution in [0, 0.1) is 6.92 Å². The van der Waals surface area contributed by atoms with Gasteiger partial charge in [-0.2, -0.15) is 0 Å². The number of ether oxygens (including phenoxy) is 1. The molecule has 2 N–H and O–H groups in total. The Bertz CT molecular complexity index is 810. The summed E-state index contributed by atoms with van der Waals surface area (Å²) in [6.45, 7) is 1.73. The highest BCUT2D eigenvalue weighted by Crippen LogP contribution is 2.32. The SMILES string of the molecule is Cc1cc(Br)cc(Br)c1OCC(=O)NC(=S)Nc1ccc(Br)c(Cl)c1. The monoisotopic (exact) mass is 568 g/mol. The molecule has 9 heteroatoms. The van der Waals surface area contributed by atoms with Gasteiger partial charge in [-0.05, 0) is 86.9 Å². The maximum atomic E-state index is 12.0. The van der Waals surface area contributed by atoms with E-state index in [2.05, 4.69) is 58.4 Å². The first kappa shape index (κ1) is 20.6. The summed E-state index contributed by atoms with van der Waals surface area (Å²) in [6.07, 6.45) is 0. The quantitative estimate of drug-likeness (QED) is 0.454. The summed E-state index contributed by atoms with van der Waals surface area (Å²) in [5.41, 5.74) is 1.57. The van der Waals surface area contributed by atoms with E-state index < -0.39 is 0 Å². The van der Waals surface area contributed by atoms with E-state index in [4.69, 9.17) is 28.6 Å². The maximum Gasteiger partial charge on any atom is 0.264 e. The van der Waals surface area contributed by atoms with Gasteiger partial charge in [0.05, 0.1) is 9.50 Å². The minimum atomic E-state index is -0.366. The van der Waals surface area contributed by atoms with Gasteiger partial charge >= 0.3 is 0 Å². The average molecular weight is 572 g/mol. The van der Waals surface area contributed by atoms with Gasteiger partial charge in [0, 0.05) is 14.6 Å². The van der Waals surface area contributed by atoms with Gasteiger partial charge in [0.1, 0.15) is 5.75 Å².